The second-order valence-electron chi connectivity index (χ2n) is 7.57. The fourth-order valence-corrected chi connectivity index (χ4v) is 3.75. The molecule has 1 aromatic carbocycles. The SMILES string of the molecule is OCC1CC(O)CCN1CCCCCOCc1ccc(-c2ccccc2)cn1. The van der Waals surface area contributed by atoms with Crippen LogP contribution in [0.1, 0.15) is 37.8 Å². The van der Waals surface area contributed by atoms with Crippen molar-refractivity contribution in [3.05, 3.63) is 54.4 Å². The third-order valence-corrected chi connectivity index (χ3v) is 5.44. The molecule has 2 aromatic rings. The Morgan fingerprint density at radius 3 is 2.64 bits per heavy atom. The highest BCUT2D eigenvalue weighted by molar-refractivity contribution is 5.62. The number of pyridine rings is 1. The van der Waals surface area contributed by atoms with E-state index in [0.29, 0.717) is 13.0 Å². The summed E-state index contributed by atoms with van der Waals surface area (Å²) in [5, 5.41) is 19.2. The van der Waals surface area contributed by atoms with Crippen molar-refractivity contribution in [3.8, 4) is 11.1 Å². The van der Waals surface area contributed by atoms with E-state index >= 15 is 0 Å². The third-order valence-electron chi connectivity index (χ3n) is 5.44. The average molecular weight is 385 g/mol. The highest BCUT2D eigenvalue weighted by Gasteiger charge is 2.26. The van der Waals surface area contributed by atoms with Crippen LogP contribution in [-0.4, -0.2) is 58.5 Å². The van der Waals surface area contributed by atoms with Crippen LogP contribution in [0.3, 0.4) is 0 Å². The van der Waals surface area contributed by atoms with Gasteiger partial charge in [0.25, 0.3) is 0 Å². The Labute approximate surface area is 168 Å². The molecule has 0 bridgehead atoms. The maximum Gasteiger partial charge on any atom is 0.0887 e. The first-order valence-electron chi connectivity index (χ1n) is 10.4. The Kier molecular flexibility index (Phi) is 8.42. The molecule has 2 heterocycles. The van der Waals surface area contributed by atoms with Crippen LogP contribution in [0, 0.1) is 0 Å². The molecule has 0 amide bonds. The summed E-state index contributed by atoms with van der Waals surface area (Å²) in [6.45, 7) is 3.29. The normalized spacial score (nSPS) is 20.4. The van der Waals surface area contributed by atoms with Gasteiger partial charge in [-0.3, -0.25) is 9.88 Å². The van der Waals surface area contributed by atoms with E-state index in [4.69, 9.17) is 4.74 Å². The molecule has 3 rings (SSSR count). The quantitative estimate of drug-likeness (QED) is 0.616. The molecule has 0 spiro atoms. The standard InChI is InChI=1S/C23H32N2O3/c26-17-22-15-23(27)11-13-25(22)12-5-2-6-14-28-18-21-10-9-20(16-24-21)19-7-3-1-4-8-19/h1,3-4,7-10,16,22-23,26-27H,2,5-6,11-15,17-18H2. The summed E-state index contributed by atoms with van der Waals surface area (Å²) < 4.78 is 5.76. The number of rotatable bonds is 10. The van der Waals surface area contributed by atoms with Gasteiger partial charge in [0.2, 0.25) is 0 Å². The molecule has 1 aromatic heterocycles. The van der Waals surface area contributed by atoms with Crippen molar-refractivity contribution < 1.29 is 14.9 Å². The van der Waals surface area contributed by atoms with Gasteiger partial charge in [-0.2, -0.15) is 0 Å². The van der Waals surface area contributed by atoms with Crippen LogP contribution in [0.15, 0.2) is 48.7 Å². The topological polar surface area (TPSA) is 65.8 Å². The summed E-state index contributed by atoms with van der Waals surface area (Å²) in [5.41, 5.74) is 3.25. The fourth-order valence-electron chi connectivity index (χ4n) is 3.75. The van der Waals surface area contributed by atoms with E-state index in [2.05, 4.69) is 28.1 Å². The van der Waals surface area contributed by atoms with Gasteiger partial charge in [-0.1, -0.05) is 36.4 Å². The first kappa shape index (κ1) is 20.9. The monoisotopic (exact) mass is 384 g/mol. The molecule has 1 aliphatic heterocycles. The van der Waals surface area contributed by atoms with Crippen LogP contribution >= 0.6 is 0 Å². The lowest BCUT2D eigenvalue weighted by atomic mass is 9.99. The highest BCUT2D eigenvalue weighted by atomic mass is 16.5. The van der Waals surface area contributed by atoms with E-state index in [1.54, 1.807) is 0 Å². The molecule has 28 heavy (non-hydrogen) atoms. The Balaban J connectivity index is 1.28. The van der Waals surface area contributed by atoms with Crippen molar-refractivity contribution in [2.24, 2.45) is 0 Å². The minimum atomic E-state index is -0.253. The maximum absolute atomic E-state index is 9.70. The number of benzene rings is 1. The van der Waals surface area contributed by atoms with Crippen molar-refractivity contribution in [2.45, 2.75) is 50.9 Å². The Morgan fingerprint density at radius 2 is 1.89 bits per heavy atom. The molecule has 0 radical (unpaired) electrons. The molecular formula is C23H32N2O3. The van der Waals surface area contributed by atoms with Gasteiger partial charge < -0.3 is 14.9 Å². The zero-order chi connectivity index (χ0) is 19.6. The molecule has 2 N–H and O–H groups in total. The number of piperidine rings is 1. The van der Waals surface area contributed by atoms with E-state index in [1.165, 1.54) is 5.56 Å². The molecule has 1 aliphatic rings. The van der Waals surface area contributed by atoms with Crippen LogP contribution in [-0.2, 0) is 11.3 Å². The first-order valence-corrected chi connectivity index (χ1v) is 10.4. The van der Waals surface area contributed by atoms with Crippen LogP contribution in [0.25, 0.3) is 11.1 Å². The molecule has 0 saturated carbocycles. The van der Waals surface area contributed by atoms with Crippen molar-refractivity contribution >= 4 is 0 Å². The zero-order valence-corrected chi connectivity index (χ0v) is 16.5. The van der Waals surface area contributed by atoms with Gasteiger partial charge in [0, 0.05) is 31.0 Å². The lowest BCUT2D eigenvalue weighted by molar-refractivity contribution is 0.0160. The zero-order valence-electron chi connectivity index (χ0n) is 16.5. The number of aliphatic hydroxyl groups excluding tert-OH is 2. The van der Waals surface area contributed by atoms with Crippen molar-refractivity contribution in [1.82, 2.24) is 9.88 Å². The summed E-state index contributed by atoms with van der Waals surface area (Å²) in [5.74, 6) is 0. The predicted octanol–water partition coefficient (Wildman–Crippen LogP) is 3.25. The highest BCUT2D eigenvalue weighted by Crippen LogP contribution is 2.19. The van der Waals surface area contributed by atoms with E-state index in [-0.39, 0.29) is 18.8 Å². The van der Waals surface area contributed by atoms with Gasteiger partial charge in [-0.05, 0) is 50.3 Å². The number of aromatic nitrogens is 1. The third kappa shape index (κ3) is 6.38. The second-order valence-corrected chi connectivity index (χ2v) is 7.57. The lowest BCUT2D eigenvalue weighted by Crippen LogP contribution is -2.46. The second kappa shape index (κ2) is 11.3. The lowest BCUT2D eigenvalue weighted by Gasteiger charge is -2.36. The van der Waals surface area contributed by atoms with Crippen molar-refractivity contribution in [1.29, 1.82) is 0 Å². The fraction of sp³-hybridized carbons (Fsp3) is 0.522. The minimum absolute atomic E-state index is 0.116. The molecule has 0 aliphatic carbocycles. The van der Waals surface area contributed by atoms with Gasteiger partial charge >= 0.3 is 0 Å². The number of hydrogen-bond acceptors (Lipinski definition) is 5. The van der Waals surface area contributed by atoms with Crippen molar-refractivity contribution in [3.63, 3.8) is 0 Å². The first-order chi connectivity index (χ1) is 13.8. The number of nitrogens with zero attached hydrogens (tertiary/aromatic N) is 2. The Bertz CT molecular complexity index is 678. The molecule has 152 valence electrons. The summed E-state index contributed by atoms with van der Waals surface area (Å²) in [6, 6.07) is 14.5. The molecule has 1 fully saturated rings. The Hall–Kier alpha value is -1.79. The molecule has 1 saturated heterocycles. The van der Waals surface area contributed by atoms with Gasteiger partial charge in [-0.15, -0.1) is 0 Å². The minimum Gasteiger partial charge on any atom is -0.395 e. The van der Waals surface area contributed by atoms with Gasteiger partial charge in [0.15, 0.2) is 0 Å². The molecular weight excluding hydrogens is 352 g/mol. The van der Waals surface area contributed by atoms with E-state index in [1.807, 2.05) is 30.5 Å². The summed E-state index contributed by atoms with van der Waals surface area (Å²) in [4.78, 5) is 6.81. The van der Waals surface area contributed by atoms with Gasteiger partial charge in [-0.25, -0.2) is 0 Å². The number of hydrogen-bond donors (Lipinski definition) is 2. The van der Waals surface area contributed by atoms with E-state index in [9.17, 15) is 10.2 Å². The average Bonchev–Trinajstić information content (AvgIpc) is 2.75. The maximum atomic E-state index is 9.70. The number of unbranched alkanes of at least 4 members (excludes halogenated alkanes) is 2. The summed E-state index contributed by atoms with van der Waals surface area (Å²) in [7, 11) is 0. The van der Waals surface area contributed by atoms with E-state index < -0.39 is 0 Å². The van der Waals surface area contributed by atoms with Crippen molar-refractivity contribution in [2.75, 3.05) is 26.3 Å². The van der Waals surface area contributed by atoms with Gasteiger partial charge in [0.1, 0.15) is 0 Å². The number of aliphatic hydroxyl groups is 2. The molecule has 5 heteroatoms. The smallest absolute Gasteiger partial charge is 0.0887 e. The largest absolute Gasteiger partial charge is 0.395 e. The Morgan fingerprint density at radius 1 is 1.04 bits per heavy atom. The number of likely N-dealkylation sites (tertiary alicyclic amines) is 1. The molecule has 2 unspecified atom stereocenters. The van der Waals surface area contributed by atoms with Gasteiger partial charge in [0.05, 0.1) is 25.0 Å². The van der Waals surface area contributed by atoms with E-state index in [0.717, 1.165) is 56.6 Å². The molecule has 2 atom stereocenters. The predicted molar refractivity (Wildman–Crippen MR) is 111 cm³/mol. The molecule has 5 nitrogen and oxygen atoms in total. The number of ether oxygens (including phenoxy) is 1. The van der Waals surface area contributed by atoms with Crippen LogP contribution in [0.4, 0.5) is 0 Å². The van der Waals surface area contributed by atoms with Crippen LogP contribution in [0.2, 0.25) is 0 Å². The van der Waals surface area contributed by atoms with Crippen LogP contribution < -0.4 is 0 Å². The summed E-state index contributed by atoms with van der Waals surface area (Å²) in [6.07, 6.45) is 6.39. The summed E-state index contributed by atoms with van der Waals surface area (Å²) >= 11 is 0. The van der Waals surface area contributed by atoms with Crippen LogP contribution in [0.5, 0.6) is 0 Å².